The summed E-state index contributed by atoms with van der Waals surface area (Å²) in [6.07, 6.45) is 1.37. The van der Waals surface area contributed by atoms with E-state index < -0.39 is 0 Å². The van der Waals surface area contributed by atoms with Gasteiger partial charge >= 0.3 is 0 Å². The van der Waals surface area contributed by atoms with Crippen molar-refractivity contribution in [3.05, 3.63) is 18.1 Å². The number of carbonyl (C=O) groups is 1. The lowest BCUT2D eigenvalue weighted by atomic mass is 10.4. The third kappa shape index (κ3) is 0.953. The summed E-state index contributed by atoms with van der Waals surface area (Å²) in [5.74, 6) is -0.134. The van der Waals surface area contributed by atoms with Gasteiger partial charge in [-0.2, -0.15) is 0 Å². The first-order valence-corrected chi connectivity index (χ1v) is 2.80. The molecule has 0 fully saturated rings. The molecule has 0 radical (unpaired) electrons. The van der Waals surface area contributed by atoms with Crippen molar-refractivity contribution in [1.82, 2.24) is 5.32 Å². The molecule has 3 N–H and O–H groups in total. The molecule has 1 rings (SSSR count). The maximum Gasteiger partial charge on any atom is 0.288 e. The molecule has 54 valence electrons. The molecular weight excluding hydrogens is 132 g/mol. The fraction of sp³-hybridized carbons (Fsp3) is 0.167. The Bertz CT molecular complexity index is 242. The first-order chi connectivity index (χ1) is 4.75. The number of furan rings is 1. The van der Waals surface area contributed by atoms with Crippen LogP contribution in [0.3, 0.4) is 0 Å². The van der Waals surface area contributed by atoms with E-state index in [9.17, 15) is 4.79 Å². The van der Waals surface area contributed by atoms with Gasteiger partial charge in [-0.05, 0) is 0 Å². The quantitative estimate of drug-likeness (QED) is 0.586. The molecule has 0 bridgehead atoms. The monoisotopic (exact) mass is 140 g/mol. The van der Waals surface area contributed by atoms with Gasteiger partial charge in [-0.3, -0.25) is 4.79 Å². The van der Waals surface area contributed by atoms with E-state index in [1.54, 1.807) is 0 Å². The van der Waals surface area contributed by atoms with Crippen molar-refractivity contribution in [1.29, 1.82) is 0 Å². The number of nitrogens with two attached hydrogens (primary N) is 1. The highest BCUT2D eigenvalue weighted by Gasteiger charge is 2.09. The van der Waals surface area contributed by atoms with Crippen LogP contribution in [0.25, 0.3) is 0 Å². The predicted molar refractivity (Wildman–Crippen MR) is 36.5 cm³/mol. The zero-order valence-electron chi connectivity index (χ0n) is 5.55. The highest BCUT2D eigenvalue weighted by atomic mass is 16.3. The first-order valence-electron chi connectivity index (χ1n) is 2.80. The fourth-order valence-electron chi connectivity index (χ4n) is 0.617. The maximum absolute atomic E-state index is 10.8. The molecule has 1 aromatic rings. The van der Waals surface area contributed by atoms with Gasteiger partial charge in [0.15, 0.2) is 0 Å². The van der Waals surface area contributed by atoms with Crippen molar-refractivity contribution < 1.29 is 9.21 Å². The SMILES string of the molecule is CNC(=O)c1occc1N. The van der Waals surface area contributed by atoms with Crippen LogP contribution in [0.4, 0.5) is 5.69 Å². The molecular formula is C6H8N2O2. The summed E-state index contributed by atoms with van der Waals surface area (Å²) in [5, 5.41) is 2.40. The second-order valence-corrected chi connectivity index (χ2v) is 1.78. The van der Waals surface area contributed by atoms with Gasteiger partial charge in [0, 0.05) is 13.1 Å². The van der Waals surface area contributed by atoms with Crippen LogP contribution in [0.2, 0.25) is 0 Å². The summed E-state index contributed by atoms with van der Waals surface area (Å²) in [7, 11) is 1.52. The number of carbonyl (C=O) groups excluding carboxylic acids is 1. The summed E-state index contributed by atoms with van der Waals surface area (Å²) in [4.78, 5) is 10.8. The van der Waals surface area contributed by atoms with Gasteiger partial charge in [-0.1, -0.05) is 0 Å². The maximum atomic E-state index is 10.8. The second kappa shape index (κ2) is 2.43. The highest BCUT2D eigenvalue weighted by Crippen LogP contribution is 2.10. The molecule has 1 aromatic heterocycles. The molecule has 0 aliphatic carbocycles. The first kappa shape index (κ1) is 6.67. The number of hydrogen-bond donors (Lipinski definition) is 2. The fourth-order valence-corrected chi connectivity index (χ4v) is 0.617. The molecule has 4 heteroatoms. The largest absolute Gasteiger partial charge is 0.457 e. The number of amides is 1. The van der Waals surface area contributed by atoms with Gasteiger partial charge in [0.1, 0.15) is 0 Å². The van der Waals surface area contributed by atoms with Crippen molar-refractivity contribution in [3.63, 3.8) is 0 Å². The summed E-state index contributed by atoms with van der Waals surface area (Å²) < 4.78 is 4.78. The van der Waals surface area contributed by atoms with Crippen molar-refractivity contribution in [2.24, 2.45) is 0 Å². The van der Waals surface area contributed by atoms with Crippen molar-refractivity contribution in [3.8, 4) is 0 Å². The van der Waals surface area contributed by atoms with E-state index in [1.807, 2.05) is 0 Å². The van der Waals surface area contributed by atoms with Crippen LogP contribution in [-0.4, -0.2) is 13.0 Å². The van der Waals surface area contributed by atoms with Crippen LogP contribution >= 0.6 is 0 Å². The van der Waals surface area contributed by atoms with Crippen molar-refractivity contribution in [2.45, 2.75) is 0 Å². The molecule has 0 aromatic carbocycles. The normalized spacial score (nSPS) is 9.30. The van der Waals surface area contributed by atoms with Crippen LogP contribution in [0, 0.1) is 0 Å². The number of anilines is 1. The number of hydrogen-bond acceptors (Lipinski definition) is 3. The Morgan fingerprint density at radius 1 is 1.80 bits per heavy atom. The minimum absolute atomic E-state index is 0.169. The smallest absolute Gasteiger partial charge is 0.288 e. The number of rotatable bonds is 1. The molecule has 0 unspecified atom stereocenters. The third-order valence-corrected chi connectivity index (χ3v) is 1.13. The van der Waals surface area contributed by atoms with Gasteiger partial charge < -0.3 is 15.5 Å². The molecule has 0 aliphatic rings. The highest BCUT2D eigenvalue weighted by molar-refractivity contribution is 5.95. The Kier molecular flexibility index (Phi) is 1.62. The average Bonchev–Trinajstić information content (AvgIpc) is 2.34. The van der Waals surface area contributed by atoms with E-state index >= 15 is 0 Å². The number of nitrogens with one attached hydrogen (secondary N) is 1. The van der Waals surface area contributed by atoms with Crippen molar-refractivity contribution >= 4 is 11.6 Å². The van der Waals surface area contributed by atoms with Crippen LogP contribution in [0.5, 0.6) is 0 Å². The third-order valence-electron chi connectivity index (χ3n) is 1.13. The Morgan fingerprint density at radius 2 is 2.50 bits per heavy atom. The van der Waals surface area contributed by atoms with E-state index in [0.29, 0.717) is 5.69 Å². The molecule has 0 saturated heterocycles. The van der Waals surface area contributed by atoms with E-state index in [2.05, 4.69) is 5.32 Å². The standard InChI is InChI=1S/C6H8N2O2/c1-8-6(9)5-4(7)2-3-10-5/h2-3H,7H2,1H3,(H,8,9). The van der Waals surface area contributed by atoms with Gasteiger partial charge in [0.25, 0.3) is 5.91 Å². The van der Waals surface area contributed by atoms with E-state index in [4.69, 9.17) is 10.2 Å². The van der Waals surface area contributed by atoms with Crippen LogP contribution in [0.1, 0.15) is 10.6 Å². The van der Waals surface area contributed by atoms with Crippen LogP contribution in [0.15, 0.2) is 16.7 Å². The molecule has 0 aliphatic heterocycles. The minimum Gasteiger partial charge on any atom is -0.457 e. The lowest BCUT2D eigenvalue weighted by Crippen LogP contribution is -2.18. The zero-order chi connectivity index (χ0) is 7.56. The van der Waals surface area contributed by atoms with Gasteiger partial charge in [0.05, 0.1) is 12.0 Å². The summed E-state index contributed by atoms with van der Waals surface area (Å²) >= 11 is 0. The predicted octanol–water partition coefficient (Wildman–Crippen LogP) is 0.221. The summed E-state index contributed by atoms with van der Waals surface area (Å²) in [6.45, 7) is 0. The zero-order valence-corrected chi connectivity index (χ0v) is 5.55. The Balaban J connectivity index is 2.93. The molecule has 1 heterocycles. The Labute approximate surface area is 58.0 Å². The van der Waals surface area contributed by atoms with Crippen molar-refractivity contribution in [2.75, 3.05) is 12.8 Å². The summed E-state index contributed by atoms with van der Waals surface area (Å²) in [5.41, 5.74) is 5.72. The molecule has 4 nitrogen and oxygen atoms in total. The second-order valence-electron chi connectivity index (χ2n) is 1.78. The minimum atomic E-state index is -0.303. The molecule has 0 saturated carbocycles. The van der Waals surface area contributed by atoms with E-state index in [0.717, 1.165) is 0 Å². The molecule has 0 spiro atoms. The molecule has 1 amide bonds. The average molecular weight is 140 g/mol. The van der Waals surface area contributed by atoms with E-state index in [-0.39, 0.29) is 11.7 Å². The molecule has 0 atom stereocenters. The topological polar surface area (TPSA) is 68.3 Å². The van der Waals surface area contributed by atoms with Crippen LogP contribution in [-0.2, 0) is 0 Å². The Morgan fingerprint density at radius 3 is 2.90 bits per heavy atom. The van der Waals surface area contributed by atoms with Crippen LogP contribution < -0.4 is 11.1 Å². The van der Waals surface area contributed by atoms with Gasteiger partial charge in [-0.25, -0.2) is 0 Å². The summed E-state index contributed by atoms with van der Waals surface area (Å²) in [6, 6.07) is 1.53. The van der Waals surface area contributed by atoms with Gasteiger partial charge in [0.2, 0.25) is 5.76 Å². The lowest BCUT2D eigenvalue weighted by molar-refractivity contribution is 0.0937. The van der Waals surface area contributed by atoms with E-state index in [1.165, 1.54) is 19.4 Å². The number of nitrogen functional groups attached to an aromatic ring is 1. The molecule has 10 heavy (non-hydrogen) atoms. The lowest BCUT2D eigenvalue weighted by Gasteiger charge is -1.93. The van der Waals surface area contributed by atoms with Gasteiger partial charge in [-0.15, -0.1) is 0 Å². The Hall–Kier alpha value is -1.45.